The van der Waals surface area contributed by atoms with Crippen LogP contribution in [0.1, 0.15) is 133 Å². The van der Waals surface area contributed by atoms with Crippen molar-refractivity contribution in [3.05, 3.63) is 46.0 Å². The molecule has 1 N–H and O–H groups in total. The first kappa shape index (κ1) is 37.6. The molecule has 276 valence electrons. The molecule has 0 aromatic heterocycles. The summed E-state index contributed by atoms with van der Waals surface area (Å²) in [5.74, 6) is 1.22. The van der Waals surface area contributed by atoms with Crippen molar-refractivity contribution in [3.8, 4) is 0 Å². The Labute approximate surface area is 306 Å². The number of aliphatic hydroxyl groups excluding tert-OH is 1. The summed E-state index contributed by atoms with van der Waals surface area (Å²) in [4.78, 5) is 44.4. The molecule has 8 atom stereocenters. The number of aliphatic hydroxyl groups is 1. The highest BCUT2D eigenvalue weighted by Gasteiger charge is 2.70. The highest BCUT2D eigenvalue weighted by Crippen LogP contribution is 2.76. The molecule has 1 aromatic rings. The molecule has 0 bridgehead atoms. The van der Waals surface area contributed by atoms with Crippen LogP contribution in [0.25, 0.3) is 0 Å². The molecule has 0 saturated heterocycles. The van der Waals surface area contributed by atoms with Crippen molar-refractivity contribution < 1.29 is 24.2 Å². The van der Waals surface area contributed by atoms with Crippen molar-refractivity contribution in [2.24, 2.45) is 50.7 Å². The van der Waals surface area contributed by atoms with Crippen LogP contribution in [0.15, 0.2) is 35.4 Å². The smallest absolute Gasteiger partial charge is 0.410 e. The van der Waals surface area contributed by atoms with E-state index in [1.165, 1.54) is 4.90 Å². The van der Waals surface area contributed by atoms with Gasteiger partial charge >= 0.3 is 6.09 Å². The van der Waals surface area contributed by atoms with Gasteiger partial charge in [-0.1, -0.05) is 72.2 Å². The Balaban J connectivity index is 1.37. The fourth-order valence-corrected chi connectivity index (χ4v) is 12.7. The maximum atomic E-state index is 15.0. The van der Waals surface area contributed by atoms with Crippen LogP contribution in [-0.4, -0.2) is 45.9 Å². The van der Waals surface area contributed by atoms with Crippen molar-refractivity contribution in [2.75, 3.05) is 6.54 Å². The van der Waals surface area contributed by atoms with E-state index in [1.54, 1.807) is 12.1 Å². The van der Waals surface area contributed by atoms with E-state index in [0.29, 0.717) is 23.3 Å². The normalized spacial score (nSPS) is 37.8. The standard InChI is InChI=1S/C43H62ClNO5/c1-26(2)35-30(46)23-43(34(48)25-45(37(49)50-38(3,4)5)24-27-11-13-28(44)14-12-27)22-21-41(9)29(36(35)43)15-16-32-40(8)19-18-33(47)39(6,7)31(40)17-20-42(32,41)10/h11-14,26,29,31-33,47H,15-25H2,1-10H3/t29?,31?,32-,33+,40+,41-,42-,43+/m1/s1. The molecule has 7 heteroatoms. The Kier molecular flexibility index (Phi) is 9.36. The number of Topliss-reactive ketones (excluding diaryl/α,β-unsaturated/α-hetero) is 2. The number of hydrogen-bond donors (Lipinski definition) is 1. The molecule has 1 amide bonds. The van der Waals surface area contributed by atoms with Crippen molar-refractivity contribution in [1.29, 1.82) is 0 Å². The van der Waals surface area contributed by atoms with Crippen LogP contribution in [0.2, 0.25) is 5.02 Å². The summed E-state index contributed by atoms with van der Waals surface area (Å²) in [7, 11) is 0. The van der Waals surface area contributed by atoms with Gasteiger partial charge in [0, 0.05) is 18.0 Å². The molecular formula is C43H62ClNO5. The van der Waals surface area contributed by atoms with Crippen LogP contribution < -0.4 is 0 Å². The third kappa shape index (κ3) is 5.72. The van der Waals surface area contributed by atoms with Gasteiger partial charge in [-0.2, -0.15) is 0 Å². The van der Waals surface area contributed by atoms with Gasteiger partial charge in [-0.05, 0) is 146 Å². The van der Waals surface area contributed by atoms with Gasteiger partial charge in [0.15, 0.2) is 11.6 Å². The molecule has 4 fully saturated rings. The second-order valence-electron chi connectivity index (χ2n) is 19.5. The van der Waals surface area contributed by atoms with Crippen LogP contribution >= 0.6 is 11.6 Å². The zero-order valence-corrected chi connectivity index (χ0v) is 33.1. The van der Waals surface area contributed by atoms with Gasteiger partial charge in [-0.25, -0.2) is 4.79 Å². The number of amides is 1. The Hall–Kier alpha value is -2.18. The fraction of sp³-hybridized carbons (Fsp3) is 0.744. The first-order valence-corrected chi connectivity index (χ1v) is 19.7. The first-order chi connectivity index (χ1) is 23.1. The third-order valence-corrected chi connectivity index (χ3v) is 15.5. The Morgan fingerprint density at radius 1 is 0.920 bits per heavy atom. The molecule has 50 heavy (non-hydrogen) atoms. The van der Waals surface area contributed by atoms with Crippen molar-refractivity contribution >= 4 is 29.3 Å². The van der Waals surface area contributed by atoms with E-state index < -0.39 is 17.1 Å². The monoisotopic (exact) mass is 707 g/mol. The van der Waals surface area contributed by atoms with Crippen LogP contribution in [0, 0.1) is 50.7 Å². The molecule has 1 aromatic carbocycles. The van der Waals surface area contributed by atoms with Crippen molar-refractivity contribution in [2.45, 2.75) is 145 Å². The molecule has 0 spiro atoms. The lowest BCUT2D eigenvalue weighted by Gasteiger charge is -2.72. The zero-order chi connectivity index (χ0) is 36.8. The lowest BCUT2D eigenvalue weighted by atomic mass is 9.33. The largest absolute Gasteiger partial charge is 0.444 e. The van der Waals surface area contributed by atoms with Gasteiger partial charge in [-0.3, -0.25) is 14.5 Å². The van der Waals surface area contributed by atoms with E-state index in [4.69, 9.17) is 16.3 Å². The first-order valence-electron chi connectivity index (χ1n) is 19.3. The SMILES string of the molecule is CC(C)C1=C2C3CC[C@@H]4[C@@]5(C)CC[C@H](O)C(C)(C)C5CC[C@@]4(C)[C@]3(C)CC[C@@]2(C(=O)CN(Cc2ccc(Cl)cc2)C(=O)OC(C)(C)C)CC1=O. The van der Waals surface area contributed by atoms with Gasteiger partial charge in [0.25, 0.3) is 0 Å². The minimum absolute atomic E-state index is 0.0185. The highest BCUT2D eigenvalue weighted by molar-refractivity contribution is 6.30. The number of carbonyl (C=O) groups is 3. The Morgan fingerprint density at radius 3 is 2.20 bits per heavy atom. The number of hydrogen-bond acceptors (Lipinski definition) is 5. The summed E-state index contributed by atoms with van der Waals surface area (Å²) < 4.78 is 5.84. The lowest BCUT2D eigenvalue weighted by Crippen LogP contribution is -2.66. The van der Waals surface area contributed by atoms with Crippen LogP contribution in [0.3, 0.4) is 0 Å². The molecule has 5 aliphatic carbocycles. The molecule has 2 unspecified atom stereocenters. The molecule has 0 aliphatic heterocycles. The minimum Gasteiger partial charge on any atom is -0.444 e. The molecule has 0 heterocycles. The summed E-state index contributed by atoms with van der Waals surface area (Å²) >= 11 is 6.17. The summed E-state index contributed by atoms with van der Waals surface area (Å²) in [5, 5.41) is 11.7. The van der Waals surface area contributed by atoms with Crippen LogP contribution in [0.4, 0.5) is 4.79 Å². The van der Waals surface area contributed by atoms with E-state index in [0.717, 1.165) is 61.7 Å². The number of rotatable bonds is 6. The molecule has 6 rings (SSSR count). The second kappa shape index (κ2) is 12.5. The number of ketones is 2. The van der Waals surface area contributed by atoms with Crippen molar-refractivity contribution in [1.82, 2.24) is 4.90 Å². The van der Waals surface area contributed by atoms with Gasteiger partial charge < -0.3 is 9.84 Å². The second-order valence-corrected chi connectivity index (χ2v) is 20.0. The molecular weight excluding hydrogens is 646 g/mol. The van der Waals surface area contributed by atoms with Crippen LogP contribution in [-0.2, 0) is 20.9 Å². The Morgan fingerprint density at radius 2 is 1.58 bits per heavy atom. The van der Waals surface area contributed by atoms with E-state index in [1.807, 2.05) is 32.9 Å². The number of benzene rings is 1. The number of carbonyl (C=O) groups excluding carboxylic acids is 3. The predicted molar refractivity (Wildman–Crippen MR) is 199 cm³/mol. The minimum atomic E-state index is -0.900. The van der Waals surface area contributed by atoms with Crippen molar-refractivity contribution in [3.63, 3.8) is 0 Å². The number of fused-ring (bicyclic) bond motifs is 7. The number of allylic oxidation sites excluding steroid dienone is 2. The molecule has 5 aliphatic rings. The third-order valence-electron chi connectivity index (χ3n) is 15.2. The summed E-state index contributed by atoms with van der Waals surface area (Å²) in [5.41, 5.74) is 1.23. The quantitative estimate of drug-likeness (QED) is 0.318. The fourth-order valence-electron chi connectivity index (χ4n) is 12.6. The summed E-state index contributed by atoms with van der Waals surface area (Å²) in [6.07, 6.45) is 7.08. The van der Waals surface area contributed by atoms with E-state index in [9.17, 15) is 14.7 Å². The topological polar surface area (TPSA) is 83.9 Å². The number of ether oxygens (including phenoxy) is 1. The average Bonchev–Trinajstić information content (AvgIpc) is 3.33. The maximum Gasteiger partial charge on any atom is 0.410 e. The average molecular weight is 708 g/mol. The van der Waals surface area contributed by atoms with Gasteiger partial charge in [0.2, 0.25) is 0 Å². The maximum absolute atomic E-state index is 15.0. The summed E-state index contributed by atoms with van der Waals surface area (Å²) in [6.45, 7) is 21.9. The number of nitrogens with zero attached hydrogens (tertiary/aromatic N) is 1. The van der Waals surface area contributed by atoms with E-state index in [2.05, 4.69) is 48.5 Å². The van der Waals surface area contributed by atoms with Gasteiger partial charge in [0.1, 0.15) is 5.60 Å². The summed E-state index contributed by atoms with van der Waals surface area (Å²) in [6, 6.07) is 7.33. The van der Waals surface area contributed by atoms with Gasteiger partial charge in [0.05, 0.1) is 18.1 Å². The van der Waals surface area contributed by atoms with E-state index in [-0.39, 0.29) is 70.7 Å². The highest BCUT2D eigenvalue weighted by atomic mass is 35.5. The molecule has 0 radical (unpaired) electrons. The Bertz CT molecular complexity index is 1570. The lowest BCUT2D eigenvalue weighted by molar-refractivity contribution is -0.228. The predicted octanol–water partition coefficient (Wildman–Crippen LogP) is 9.99. The zero-order valence-electron chi connectivity index (χ0n) is 32.4. The number of halogens is 1. The molecule has 4 saturated carbocycles. The molecule has 6 nitrogen and oxygen atoms in total. The van der Waals surface area contributed by atoms with E-state index >= 15 is 4.79 Å². The van der Waals surface area contributed by atoms with Gasteiger partial charge in [-0.15, -0.1) is 0 Å². The van der Waals surface area contributed by atoms with Crippen LogP contribution in [0.5, 0.6) is 0 Å².